The Morgan fingerprint density at radius 1 is 0.533 bits per heavy atom. The molecule has 0 spiro atoms. The van der Waals surface area contributed by atoms with Gasteiger partial charge in [-0.15, -0.1) is 0 Å². The summed E-state index contributed by atoms with van der Waals surface area (Å²) in [7, 11) is 5.92. The first kappa shape index (κ1) is 46.5. The lowest BCUT2D eigenvalue weighted by Gasteiger charge is -2.26. The molecule has 0 aliphatic carbocycles. The van der Waals surface area contributed by atoms with Crippen LogP contribution in [0.5, 0.6) is 0 Å². The molecule has 0 radical (unpaired) electrons. The van der Waals surface area contributed by atoms with Crippen LogP contribution in [0, 0.1) is 5.92 Å². The molecule has 0 rings (SSSR count). The maximum atomic E-state index is 13.0. The Morgan fingerprint density at radius 2 is 0.822 bits per heavy atom. The molecule has 0 amide bonds. The number of hydrogen-bond acceptors (Lipinski definition) is 4. The van der Waals surface area contributed by atoms with Crippen LogP contribution in [0.4, 0.5) is 0 Å². The maximum absolute atomic E-state index is 13.0. The summed E-state index contributed by atoms with van der Waals surface area (Å²) in [6, 6.07) is 0. The molecule has 0 bridgehead atoms. The Bertz CT molecular complexity index is 651. The van der Waals surface area contributed by atoms with Crippen molar-refractivity contribution in [2.24, 2.45) is 5.92 Å². The van der Waals surface area contributed by atoms with Crippen molar-refractivity contribution >= 4 is 11.9 Å². The second kappa shape index (κ2) is 33.3. The zero-order valence-corrected chi connectivity index (χ0v) is 31.6. The number of esters is 2. The highest BCUT2D eigenvalue weighted by Gasteiger charge is 2.25. The van der Waals surface area contributed by atoms with E-state index >= 15 is 0 Å². The molecule has 45 heavy (non-hydrogen) atoms. The fourth-order valence-electron chi connectivity index (χ4n) is 6.32. The quantitative estimate of drug-likeness (QED) is 0.0335. The third-order valence-corrected chi connectivity index (χ3v) is 9.02. The van der Waals surface area contributed by atoms with Gasteiger partial charge in [0.2, 0.25) is 0 Å². The number of hydrogen-bond donors (Lipinski definition) is 1. The first-order valence-corrected chi connectivity index (χ1v) is 19.4. The van der Waals surface area contributed by atoms with E-state index in [-0.39, 0.29) is 30.7 Å². The SMILES string of the molecule is CCCCCCCCCCCCCCCCC(CCCCCCCCCCCCCC)C(=O)OC(=O)CC(O)C[N+](C)(C)C.[Cl-]. The zero-order chi connectivity index (χ0) is 32.7. The number of unbranched alkanes of at least 4 members (excludes halogenated alkanes) is 24. The van der Waals surface area contributed by atoms with Gasteiger partial charge >= 0.3 is 11.9 Å². The molecule has 0 fully saturated rings. The number of aliphatic hydroxyl groups excluding tert-OH is 1. The summed E-state index contributed by atoms with van der Waals surface area (Å²) in [5.74, 6) is -1.16. The molecule has 0 aliphatic rings. The van der Waals surface area contributed by atoms with Gasteiger partial charge in [-0.3, -0.25) is 9.59 Å². The molecular weight excluding hydrogens is 582 g/mol. The molecule has 6 heteroatoms. The van der Waals surface area contributed by atoms with E-state index in [9.17, 15) is 14.7 Å². The number of quaternary nitrogens is 1. The highest BCUT2D eigenvalue weighted by atomic mass is 35.5. The summed E-state index contributed by atoms with van der Waals surface area (Å²) in [6.45, 7) is 4.99. The minimum absolute atomic E-state index is 0. The van der Waals surface area contributed by atoms with Crippen molar-refractivity contribution in [3.63, 3.8) is 0 Å². The molecule has 0 aliphatic heterocycles. The fraction of sp³-hybridized carbons (Fsp3) is 0.949. The Morgan fingerprint density at radius 3 is 1.11 bits per heavy atom. The normalized spacial score (nSPS) is 12.9. The van der Waals surface area contributed by atoms with Crippen molar-refractivity contribution in [3.8, 4) is 0 Å². The third kappa shape index (κ3) is 34.5. The summed E-state index contributed by atoms with van der Waals surface area (Å²) in [5.41, 5.74) is 0. The van der Waals surface area contributed by atoms with Crippen LogP contribution in [-0.4, -0.2) is 55.3 Å². The average Bonchev–Trinajstić information content (AvgIpc) is 2.95. The average molecular weight is 661 g/mol. The van der Waals surface area contributed by atoms with Crippen LogP contribution >= 0.6 is 0 Å². The Balaban J connectivity index is 0. The molecule has 2 atom stereocenters. The van der Waals surface area contributed by atoms with Crippen molar-refractivity contribution in [2.75, 3.05) is 27.7 Å². The zero-order valence-electron chi connectivity index (χ0n) is 30.9. The number of nitrogens with zero attached hydrogens (tertiary/aromatic N) is 1. The van der Waals surface area contributed by atoms with Gasteiger partial charge in [-0.25, -0.2) is 0 Å². The number of carbonyl (C=O) groups is 2. The predicted molar refractivity (Wildman–Crippen MR) is 189 cm³/mol. The summed E-state index contributed by atoms with van der Waals surface area (Å²) < 4.78 is 5.84. The maximum Gasteiger partial charge on any atom is 0.316 e. The lowest BCUT2D eigenvalue weighted by atomic mass is 9.94. The Kier molecular flexibility index (Phi) is 34.3. The number of carbonyl (C=O) groups excluding carboxylic acids is 2. The highest BCUT2D eigenvalue weighted by Crippen LogP contribution is 2.22. The third-order valence-electron chi connectivity index (χ3n) is 9.02. The van der Waals surface area contributed by atoms with Gasteiger partial charge < -0.3 is 26.7 Å². The lowest BCUT2D eigenvalue weighted by molar-refractivity contribution is -0.873. The summed E-state index contributed by atoms with van der Waals surface area (Å²) >= 11 is 0. The molecule has 270 valence electrons. The van der Waals surface area contributed by atoms with E-state index in [0.717, 1.165) is 38.5 Å². The second-order valence-electron chi connectivity index (χ2n) is 14.9. The molecular formula is C39H78ClNO4. The van der Waals surface area contributed by atoms with E-state index in [1.807, 2.05) is 21.1 Å². The Hall–Kier alpha value is -0.650. The molecule has 5 nitrogen and oxygen atoms in total. The predicted octanol–water partition coefficient (Wildman–Crippen LogP) is 8.10. The number of halogens is 1. The summed E-state index contributed by atoms with van der Waals surface area (Å²) in [6.07, 6.45) is 34.7. The van der Waals surface area contributed by atoms with Gasteiger partial charge in [0.25, 0.3) is 0 Å². The summed E-state index contributed by atoms with van der Waals surface area (Å²) in [5, 5.41) is 10.2. The summed E-state index contributed by atoms with van der Waals surface area (Å²) in [4.78, 5) is 25.4. The van der Waals surface area contributed by atoms with E-state index in [2.05, 4.69) is 13.8 Å². The van der Waals surface area contributed by atoms with Crippen molar-refractivity contribution in [2.45, 2.75) is 206 Å². The van der Waals surface area contributed by atoms with Gasteiger partial charge in [0.1, 0.15) is 12.6 Å². The molecule has 0 heterocycles. The number of aliphatic hydroxyl groups is 1. The highest BCUT2D eigenvalue weighted by molar-refractivity contribution is 5.86. The van der Waals surface area contributed by atoms with Crippen LogP contribution in [0.25, 0.3) is 0 Å². The van der Waals surface area contributed by atoms with Gasteiger partial charge in [0, 0.05) is 0 Å². The minimum Gasteiger partial charge on any atom is -1.00 e. The standard InChI is InChI=1S/C39H78NO4.ClH/c1-6-8-10-12-14-16-18-20-21-23-25-27-29-31-33-36(39(43)44-38(42)34-37(41)35-40(3,4)5)32-30-28-26-24-22-19-17-15-13-11-9-7-2;/h36-37,41H,6-35H2,1-5H3;1H/q+1;/p-1. The first-order chi connectivity index (χ1) is 21.2. The fourth-order valence-corrected chi connectivity index (χ4v) is 6.32. The van der Waals surface area contributed by atoms with Crippen LogP contribution < -0.4 is 12.4 Å². The molecule has 1 N–H and O–H groups in total. The molecule has 0 aromatic heterocycles. The van der Waals surface area contributed by atoms with Crippen molar-refractivity contribution in [1.29, 1.82) is 0 Å². The van der Waals surface area contributed by atoms with Crippen molar-refractivity contribution < 1.29 is 36.3 Å². The topological polar surface area (TPSA) is 63.6 Å². The molecule has 0 saturated carbocycles. The number of likely N-dealkylation sites (N-methyl/N-ethyl adjacent to an activating group) is 1. The second-order valence-corrected chi connectivity index (χ2v) is 14.9. The monoisotopic (exact) mass is 660 g/mol. The minimum atomic E-state index is -0.795. The van der Waals surface area contributed by atoms with Crippen molar-refractivity contribution in [1.82, 2.24) is 0 Å². The Labute approximate surface area is 287 Å². The van der Waals surface area contributed by atoms with E-state index in [1.165, 1.54) is 141 Å². The van der Waals surface area contributed by atoms with Crippen LogP contribution in [0.2, 0.25) is 0 Å². The van der Waals surface area contributed by atoms with E-state index in [0.29, 0.717) is 11.0 Å². The van der Waals surface area contributed by atoms with Crippen LogP contribution in [0.15, 0.2) is 0 Å². The lowest BCUT2D eigenvalue weighted by Crippen LogP contribution is -3.00. The van der Waals surface area contributed by atoms with Gasteiger partial charge in [-0.2, -0.15) is 0 Å². The molecule has 0 aromatic carbocycles. The van der Waals surface area contributed by atoms with Gasteiger partial charge in [-0.05, 0) is 12.8 Å². The van der Waals surface area contributed by atoms with Gasteiger partial charge in [-0.1, -0.05) is 181 Å². The van der Waals surface area contributed by atoms with Gasteiger partial charge in [0.15, 0.2) is 0 Å². The smallest absolute Gasteiger partial charge is 0.316 e. The number of ether oxygens (including phenoxy) is 1. The van der Waals surface area contributed by atoms with Gasteiger partial charge in [0.05, 0.1) is 33.5 Å². The van der Waals surface area contributed by atoms with Crippen LogP contribution in [0.1, 0.15) is 200 Å². The molecule has 0 saturated heterocycles. The first-order valence-electron chi connectivity index (χ1n) is 19.4. The van der Waals surface area contributed by atoms with Crippen LogP contribution in [-0.2, 0) is 14.3 Å². The van der Waals surface area contributed by atoms with Crippen LogP contribution in [0.3, 0.4) is 0 Å². The molecule has 0 aromatic rings. The van der Waals surface area contributed by atoms with E-state index < -0.39 is 12.1 Å². The van der Waals surface area contributed by atoms with Crippen molar-refractivity contribution in [3.05, 3.63) is 0 Å². The number of rotatable bonds is 33. The van der Waals surface area contributed by atoms with E-state index in [1.54, 1.807) is 0 Å². The molecule has 2 unspecified atom stereocenters. The van der Waals surface area contributed by atoms with E-state index in [4.69, 9.17) is 4.74 Å². The largest absolute Gasteiger partial charge is 1.00 e.